The minimum absolute atomic E-state index is 0.102. The first kappa shape index (κ1) is 17.7. The topological polar surface area (TPSA) is 107 Å². The van der Waals surface area contributed by atoms with Gasteiger partial charge in [-0.05, 0) is 47.2 Å². The number of pyridine rings is 1. The lowest BCUT2D eigenvalue weighted by molar-refractivity contribution is 0.259. The third-order valence-corrected chi connectivity index (χ3v) is 4.33. The van der Waals surface area contributed by atoms with E-state index >= 15 is 0 Å². The quantitative estimate of drug-likeness (QED) is 0.557. The Hall–Kier alpha value is -2.67. The first-order valence-corrected chi connectivity index (χ1v) is 7.87. The van der Waals surface area contributed by atoms with Crippen LogP contribution >= 0.6 is 22.6 Å². The molecule has 24 heavy (non-hydrogen) atoms. The van der Waals surface area contributed by atoms with Gasteiger partial charge in [0.2, 0.25) is 5.88 Å². The summed E-state index contributed by atoms with van der Waals surface area (Å²) in [5.41, 5.74) is 0.317. The fraction of sp³-hybridized carbons (Fsp3) is 0.125. The average molecular weight is 436 g/mol. The van der Waals surface area contributed by atoms with Gasteiger partial charge in [-0.1, -0.05) is 12.1 Å². The van der Waals surface area contributed by atoms with Gasteiger partial charge in [-0.25, -0.2) is 9.79 Å². The minimum atomic E-state index is -0.634. The number of amides is 2. The van der Waals surface area contributed by atoms with E-state index in [9.17, 15) is 14.7 Å². The molecule has 0 fully saturated rings. The monoisotopic (exact) mass is 436 g/mol. The number of aliphatic imine (C=N–C) groups is 1. The predicted molar refractivity (Wildman–Crippen MR) is 98.6 cm³/mol. The van der Waals surface area contributed by atoms with Crippen molar-refractivity contribution in [2.24, 2.45) is 12.0 Å². The van der Waals surface area contributed by atoms with E-state index in [1.165, 1.54) is 14.0 Å². The van der Waals surface area contributed by atoms with Crippen LogP contribution in [0.25, 0.3) is 0 Å². The number of nitrogens with zero attached hydrogens (tertiary/aromatic N) is 3. The Morgan fingerprint density at radius 1 is 1.46 bits per heavy atom. The third-order valence-electron chi connectivity index (χ3n) is 3.39. The molecule has 1 aromatic heterocycles. The number of halogens is 1. The molecule has 0 aliphatic rings. The smallest absolute Gasteiger partial charge is 0.345 e. The summed E-state index contributed by atoms with van der Waals surface area (Å²) in [6.45, 7) is 1.51. The molecule has 8 heteroatoms. The number of aromatic nitrogens is 1. The first-order chi connectivity index (χ1) is 11.4. The second-order valence-electron chi connectivity index (χ2n) is 4.88. The number of aromatic hydroxyl groups is 1. The van der Waals surface area contributed by atoms with Crippen LogP contribution in [0.2, 0.25) is 0 Å². The van der Waals surface area contributed by atoms with Gasteiger partial charge in [-0.15, -0.1) is 0 Å². The second kappa shape index (κ2) is 7.27. The van der Waals surface area contributed by atoms with E-state index in [2.05, 4.69) is 32.9 Å². The largest absolute Gasteiger partial charge is 0.494 e. The van der Waals surface area contributed by atoms with Crippen molar-refractivity contribution in [2.45, 2.75) is 6.92 Å². The molecule has 2 rings (SSSR count). The van der Waals surface area contributed by atoms with Gasteiger partial charge >= 0.3 is 6.03 Å². The van der Waals surface area contributed by atoms with Crippen molar-refractivity contribution < 1.29 is 9.90 Å². The van der Waals surface area contributed by atoms with Crippen LogP contribution in [-0.2, 0) is 7.05 Å². The lowest BCUT2D eigenvalue weighted by Gasteiger charge is -2.09. The van der Waals surface area contributed by atoms with Crippen LogP contribution in [0.15, 0.2) is 34.1 Å². The van der Waals surface area contributed by atoms with Crippen LogP contribution in [0, 0.1) is 21.8 Å². The maximum atomic E-state index is 11.9. The molecular formula is C16H13IN4O3. The fourth-order valence-corrected chi connectivity index (χ4v) is 2.55. The van der Waals surface area contributed by atoms with Gasteiger partial charge in [0.15, 0.2) is 0 Å². The van der Waals surface area contributed by atoms with Crippen molar-refractivity contribution in [3.05, 3.63) is 54.9 Å². The van der Waals surface area contributed by atoms with Gasteiger partial charge in [0.25, 0.3) is 5.56 Å². The number of benzene rings is 1. The van der Waals surface area contributed by atoms with E-state index in [0.717, 1.165) is 14.4 Å². The van der Waals surface area contributed by atoms with Gasteiger partial charge in [-0.2, -0.15) is 5.26 Å². The maximum absolute atomic E-state index is 11.9. The summed E-state index contributed by atoms with van der Waals surface area (Å²) in [5.74, 6) is -0.359. The van der Waals surface area contributed by atoms with Crippen LogP contribution in [-0.4, -0.2) is 21.9 Å². The average Bonchev–Trinajstić information content (AvgIpc) is 2.55. The molecule has 1 heterocycles. The van der Waals surface area contributed by atoms with Gasteiger partial charge in [0.05, 0.1) is 11.3 Å². The molecule has 0 aliphatic heterocycles. The molecule has 0 saturated heterocycles. The van der Waals surface area contributed by atoms with Crippen molar-refractivity contribution in [2.75, 3.05) is 5.32 Å². The highest BCUT2D eigenvalue weighted by Gasteiger charge is 2.16. The van der Waals surface area contributed by atoms with Crippen molar-refractivity contribution in [3.63, 3.8) is 0 Å². The highest BCUT2D eigenvalue weighted by Crippen LogP contribution is 2.19. The third kappa shape index (κ3) is 3.46. The molecular weight excluding hydrogens is 423 g/mol. The molecule has 0 unspecified atom stereocenters. The molecule has 2 N–H and O–H groups in total. The van der Waals surface area contributed by atoms with E-state index < -0.39 is 11.6 Å². The molecule has 1 aromatic carbocycles. The highest BCUT2D eigenvalue weighted by molar-refractivity contribution is 14.1. The van der Waals surface area contributed by atoms with Gasteiger partial charge in [0.1, 0.15) is 11.6 Å². The molecule has 0 aliphatic carbocycles. The Balaban J connectivity index is 2.35. The highest BCUT2D eigenvalue weighted by atomic mass is 127. The Labute approximate surface area is 151 Å². The Kier molecular flexibility index (Phi) is 5.35. The molecule has 2 aromatic rings. The first-order valence-electron chi connectivity index (χ1n) is 6.79. The standard InChI is InChI=1S/C16H13IN4O3/c1-9-10(7-18)14(22)21(2)15(23)11(9)8-19-16(24)20-13-6-4-3-5-12(13)17/h3-6,8,23H,1-2H3,(H,20,24)/b19-8+. The summed E-state index contributed by atoms with van der Waals surface area (Å²) in [6.07, 6.45) is 1.14. The zero-order chi connectivity index (χ0) is 17.9. The van der Waals surface area contributed by atoms with Crippen molar-refractivity contribution in [1.82, 2.24) is 4.57 Å². The summed E-state index contributed by atoms with van der Waals surface area (Å²) < 4.78 is 1.79. The van der Waals surface area contributed by atoms with E-state index in [-0.39, 0.29) is 22.6 Å². The maximum Gasteiger partial charge on any atom is 0.345 e. The van der Waals surface area contributed by atoms with Gasteiger partial charge in [-0.3, -0.25) is 9.36 Å². The predicted octanol–water partition coefficient (Wildman–Crippen LogP) is 2.53. The minimum Gasteiger partial charge on any atom is -0.494 e. The van der Waals surface area contributed by atoms with Crippen LogP contribution in [0.5, 0.6) is 5.88 Å². The van der Waals surface area contributed by atoms with Crippen LogP contribution in [0.1, 0.15) is 16.7 Å². The van der Waals surface area contributed by atoms with Crippen LogP contribution in [0.3, 0.4) is 0 Å². The number of hydrogen-bond acceptors (Lipinski definition) is 4. The normalized spacial score (nSPS) is 10.6. The Bertz CT molecular complexity index is 942. The molecule has 0 atom stereocenters. The van der Waals surface area contributed by atoms with E-state index in [1.54, 1.807) is 18.2 Å². The van der Waals surface area contributed by atoms with Gasteiger partial charge in [0, 0.05) is 16.8 Å². The van der Waals surface area contributed by atoms with E-state index in [4.69, 9.17) is 5.26 Å². The lowest BCUT2D eigenvalue weighted by Crippen LogP contribution is -2.22. The van der Waals surface area contributed by atoms with Crippen LogP contribution in [0.4, 0.5) is 10.5 Å². The lowest BCUT2D eigenvalue weighted by atomic mass is 10.1. The summed E-state index contributed by atoms with van der Waals surface area (Å²) >= 11 is 2.08. The molecule has 122 valence electrons. The molecule has 0 bridgehead atoms. The number of anilines is 1. The van der Waals surface area contributed by atoms with E-state index in [0.29, 0.717) is 5.69 Å². The summed E-state index contributed by atoms with van der Waals surface area (Å²) in [7, 11) is 1.34. The number of rotatable bonds is 2. The van der Waals surface area contributed by atoms with E-state index in [1.807, 2.05) is 12.1 Å². The molecule has 0 saturated carbocycles. The SMILES string of the molecule is Cc1c(/C=N/C(=O)Nc2ccccc2I)c(O)n(C)c(=O)c1C#N. The summed E-state index contributed by atoms with van der Waals surface area (Å²) in [4.78, 5) is 27.5. The number of carbonyl (C=O) groups excluding carboxylic acids is 1. The molecule has 0 spiro atoms. The summed E-state index contributed by atoms with van der Waals surface area (Å²) in [5, 5.41) is 21.7. The molecule has 2 amide bonds. The number of nitriles is 1. The summed E-state index contributed by atoms with van der Waals surface area (Å²) in [6, 6.07) is 8.36. The van der Waals surface area contributed by atoms with Gasteiger partial charge < -0.3 is 10.4 Å². The van der Waals surface area contributed by atoms with Crippen molar-refractivity contribution in [1.29, 1.82) is 5.26 Å². The van der Waals surface area contributed by atoms with Crippen LogP contribution < -0.4 is 10.9 Å². The zero-order valence-corrected chi connectivity index (χ0v) is 15.0. The Morgan fingerprint density at radius 2 is 2.12 bits per heavy atom. The number of nitrogens with one attached hydrogen (secondary N) is 1. The number of carbonyl (C=O) groups is 1. The zero-order valence-electron chi connectivity index (χ0n) is 12.9. The number of para-hydroxylation sites is 1. The fourth-order valence-electron chi connectivity index (χ4n) is 2.03. The second-order valence-corrected chi connectivity index (χ2v) is 6.04. The Morgan fingerprint density at radius 3 is 2.75 bits per heavy atom. The molecule has 0 radical (unpaired) electrons. The van der Waals surface area contributed by atoms with Crippen molar-refractivity contribution in [3.8, 4) is 11.9 Å². The number of urea groups is 1. The molecule has 7 nitrogen and oxygen atoms in total. The van der Waals surface area contributed by atoms with Crippen molar-refractivity contribution >= 4 is 40.5 Å². The number of hydrogen-bond donors (Lipinski definition) is 2.